The number of fused-ring (bicyclic) bond motifs is 1. The van der Waals surface area contributed by atoms with Gasteiger partial charge >= 0.3 is 0 Å². The van der Waals surface area contributed by atoms with Crippen LogP contribution < -0.4 is 4.74 Å². The van der Waals surface area contributed by atoms with Gasteiger partial charge < -0.3 is 14.5 Å². The van der Waals surface area contributed by atoms with Crippen molar-refractivity contribution in [2.75, 3.05) is 33.2 Å². The van der Waals surface area contributed by atoms with Crippen LogP contribution in [0.5, 0.6) is 5.75 Å². The average molecular weight is 342 g/mol. The monoisotopic (exact) mass is 342 g/mol. The van der Waals surface area contributed by atoms with Crippen LogP contribution in [0.3, 0.4) is 0 Å². The summed E-state index contributed by atoms with van der Waals surface area (Å²) < 4.78 is 5.75. The number of benzene rings is 1. The molecule has 7 heteroatoms. The Morgan fingerprint density at radius 1 is 1.28 bits per heavy atom. The Labute approximate surface area is 148 Å². The molecule has 0 radical (unpaired) electrons. The van der Waals surface area contributed by atoms with Gasteiger partial charge in [-0.1, -0.05) is 0 Å². The quantitative estimate of drug-likeness (QED) is 0.645. The van der Waals surface area contributed by atoms with Crippen molar-refractivity contribution in [2.24, 2.45) is 9.98 Å². The predicted octanol–water partition coefficient (Wildman–Crippen LogP) is 2.15. The van der Waals surface area contributed by atoms with Gasteiger partial charge in [-0.05, 0) is 39.1 Å². The van der Waals surface area contributed by atoms with E-state index in [2.05, 4.69) is 37.0 Å². The van der Waals surface area contributed by atoms with E-state index >= 15 is 0 Å². The second-order valence-electron chi connectivity index (χ2n) is 6.60. The van der Waals surface area contributed by atoms with Crippen molar-refractivity contribution in [3.8, 4) is 5.75 Å². The van der Waals surface area contributed by atoms with Crippen molar-refractivity contribution < 1.29 is 4.74 Å². The Morgan fingerprint density at radius 2 is 2.08 bits per heavy atom. The summed E-state index contributed by atoms with van der Waals surface area (Å²) in [6, 6.07) is 5.95. The van der Waals surface area contributed by atoms with Gasteiger partial charge in [-0.25, -0.2) is 4.99 Å². The first kappa shape index (κ1) is 17.4. The highest BCUT2D eigenvalue weighted by atomic mass is 16.5. The third-order valence-electron chi connectivity index (χ3n) is 4.14. The number of likely N-dealkylation sites (N-methyl/N-ethyl adjacent to an activating group) is 1. The Bertz CT molecular complexity index is 743. The molecule has 25 heavy (non-hydrogen) atoms. The maximum atomic E-state index is 5.75. The number of nitrogens with zero attached hydrogens (tertiary/aromatic N) is 5. The zero-order valence-electron chi connectivity index (χ0n) is 15.1. The predicted molar refractivity (Wildman–Crippen MR) is 102 cm³/mol. The summed E-state index contributed by atoms with van der Waals surface area (Å²) in [6.07, 6.45) is 3.62. The summed E-state index contributed by atoms with van der Waals surface area (Å²) in [6.45, 7) is 8.69. The van der Waals surface area contributed by atoms with Crippen LogP contribution in [-0.2, 0) is 6.54 Å². The SMILES string of the molecule is CC(C)Oc1ccc2[nH]nc(C/N=C\N=C\N3CCN(C)CC3)c2c1. The molecule has 2 heterocycles. The maximum Gasteiger partial charge on any atom is 0.120 e. The lowest BCUT2D eigenvalue weighted by Crippen LogP contribution is -2.43. The largest absolute Gasteiger partial charge is 0.491 e. The highest BCUT2D eigenvalue weighted by Gasteiger charge is 2.10. The molecule has 7 nitrogen and oxygen atoms in total. The van der Waals surface area contributed by atoms with Gasteiger partial charge in [0.15, 0.2) is 0 Å². The number of hydrogen-bond donors (Lipinski definition) is 1. The van der Waals surface area contributed by atoms with Gasteiger partial charge in [0, 0.05) is 31.6 Å². The van der Waals surface area contributed by atoms with Crippen LogP contribution >= 0.6 is 0 Å². The van der Waals surface area contributed by atoms with Gasteiger partial charge in [-0.15, -0.1) is 0 Å². The summed E-state index contributed by atoms with van der Waals surface area (Å²) in [5.41, 5.74) is 1.89. The molecule has 1 N–H and O–H groups in total. The molecule has 1 aliphatic heterocycles. The molecule has 2 aromatic rings. The van der Waals surface area contributed by atoms with Crippen LogP contribution in [0, 0.1) is 0 Å². The third-order valence-corrected chi connectivity index (χ3v) is 4.14. The molecule has 1 aromatic carbocycles. The van der Waals surface area contributed by atoms with E-state index in [1.165, 1.54) is 0 Å². The van der Waals surface area contributed by atoms with Crippen molar-refractivity contribution in [3.05, 3.63) is 23.9 Å². The Balaban J connectivity index is 1.59. The fourth-order valence-electron chi connectivity index (χ4n) is 2.75. The van der Waals surface area contributed by atoms with Gasteiger partial charge in [0.25, 0.3) is 0 Å². The highest BCUT2D eigenvalue weighted by Crippen LogP contribution is 2.23. The molecule has 3 rings (SSSR count). The van der Waals surface area contributed by atoms with Gasteiger partial charge in [-0.2, -0.15) is 5.10 Å². The van der Waals surface area contributed by atoms with E-state index in [1.54, 1.807) is 6.34 Å². The van der Waals surface area contributed by atoms with Crippen molar-refractivity contribution in [1.29, 1.82) is 0 Å². The second kappa shape index (κ2) is 8.11. The van der Waals surface area contributed by atoms with Crippen LogP contribution in [0.1, 0.15) is 19.5 Å². The molecule has 0 bridgehead atoms. The topological polar surface area (TPSA) is 69.1 Å². The van der Waals surface area contributed by atoms with Crippen LogP contribution in [-0.4, -0.2) is 72.0 Å². The zero-order chi connectivity index (χ0) is 17.6. The van der Waals surface area contributed by atoms with Crippen LogP contribution in [0.15, 0.2) is 28.2 Å². The van der Waals surface area contributed by atoms with Gasteiger partial charge in [0.1, 0.15) is 12.1 Å². The van der Waals surface area contributed by atoms with Gasteiger partial charge in [0.05, 0.1) is 30.2 Å². The lowest BCUT2D eigenvalue weighted by molar-refractivity contribution is 0.219. The summed E-state index contributed by atoms with van der Waals surface area (Å²) in [5, 5.41) is 8.42. The van der Waals surface area contributed by atoms with E-state index in [0.29, 0.717) is 6.54 Å². The van der Waals surface area contributed by atoms with Crippen LogP contribution in [0.2, 0.25) is 0 Å². The number of ether oxygens (including phenoxy) is 1. The first-order valence-electron chi connectivity index (χ1n) is 8.69. The van der Waals surface area contributed by atoms with Crippen LogP contribution in [0.4, 0.5) is 0 Å². The second-order valence-corrected chi connectivity index (χ2v) is 6.60. The minimum atomic E-state index is 0.148. The molecule has 0 spiro atoms. The van der Waals surface area contributed by atoms with Gasteiger partial charge in [-0.3, -0.25) is 10.1 Å². The Morgan fingerprint density at radius 3 is 2.84 bits per heavy atom. The summed E-state index contributed by atoms with van der Waals surface area (Å²) in [7, 11) is 2.14. The lowest BCUT2D eigenvalue weighted by atomic mass is 10.2. The van der Waals surface area contributed by atoms with Crippen LogP contribution in [0.25, 0.3) is 10.9 Å². The van der Waals surface area contributed by atoms with E-state index in [0.717, 1.165) is 48.5 Å². The Kier molecular flexibility index (Phi) is 5.65. The molecular weight excluding hydrogens is 316 g/mol. The van der Waals surface area contributed by atoms with Crippen molar-refractivity contribution >= 4 is 23.6 Å². The number of aromatic amines is 1. The number of H-pyrrole nitrogens is 1. The number of hydrogen-bond acceptors (Lipinski definition) is 4. The van der Waals surface area contributed by atoms with Crippen molar-refractivity contribution in [2.45, 2.75) is 26.5 Å². The molecule has 0 saturated carbocycles. The fourth-order valence-corrected chi connectivity index (χ4v) is 2.75. The summed E-state index contributed by atoms with van der Waals surface area (Å²) in [5.74, 6) is 0.849. The number of nitrogens with one attached hydrogen (secondary N) is 1. The first-order valence-corrected chi connectivity index (χ1v) is 8.69. The Hall–Kier alpha value is -2.41. The van der Waals surface area contributed by atoms with E-state index in [-0.39, 0.29) is 6.10 Å². The minimum Gasteiger partial charge on any atom is -0.491 e. The van der Waals surface area contributed by atoms with Crippen molar-refractivity contribution in [1.82, 2.24) is 20.0 Å². The molecule has 0 amide bonds. The zero-order valence-corrected chi connectivity index (χ0v) is 15.1. The highest BCUT2D eigenvalue weighted by molar-refractivity contribution is 5.83. The average Bonchev–Trinajstić information content (AvgIpc) is 2.98. The van der Waals surface area contributed by atoms with E-state index < -0.39 is 0 Å². The molecule has 1 aliphatic rings. The van der Waals surface area contributed by atoms with E-state index in [1.807, 2.05) is 38.4 Å². The van der Waals surface area contributed by atoms with Gasteiger partial charge in [0.2, 0.25) is 0 Å². The molecule has 0 aliphatic carbocycles. The third kappa shape index (κ3) is 4.79. The summed E-state index contributed by atoms with van der Waals surface area (Å²) in [4.78, 5) is 13.2. The summed E-state index contributed by atoms with van der Waals surface area (Å²) >= 11 is 0. The first-order chi connectivity index (χ1) is 12.1. The fraction of sp³-hybridized carbons (Fsp3) is 0.500. The number of aliphatic imine (C=N–C) groups is 2. The number of aromatic nitrogens is 2. The molecule has 1 aromatic heterocycles. The van der Waals surface area contributed by atoms with E-state index in [4.69, 9.17) is 4.74 Å². The molecule has 1 saturated heterocycles. The molecule has 134 valence electrons. The lowest BCUT2D eigenvalue weighted by Gasteiger charge is -2.30. The molecule has 0 unspecified atom stereocenters. The molecular formula is C18H26N6O. The molecule has 1 fully saturated rings. The standard InChI is InChI=1S/C18H26N6O/c1-14(2)25-15-4-5-17-16(10-15)18(22-21-17)11-19-12-20-13-24-8-6-23(3)7-9-24/h4-5,10,12-14H,6-9,11H2,1-3H3,(H,21,22)/b19-12-,20-13+. The minimum absolute atomic E-state index is 0.148. The normalized spacial score (nSPS) is 16.7. The maximum absolute atomic E-state index is 5.75. The number of piperazine rings is 1. The van der Waals surface area contributed by atoms with E-state index in [9.17, 15) is 0 Å². The van der Waals surface area contributed by atoms with Crippen molar-refractivity contribution in [3.63, 3.8) is 0 Å². The molecule has 0 atom stereocenters. The smallest absolute Gasteiger partial charge is 0.120 e. The number of rotatable bonds is 6.